The topological polar surface area (TPSA) is 257 Å². The highest BCUT2D eigenvalue weighted by atomic mass is 32.2. The molecule has 0 amide bonds. The molecule has 0 atom stereocenters. The molecule has 0 aromatic heterocycles. The second kappa shape index (κ2) is 15.3. The molecule has 306 valence electrons. The first-order valence-electron chi connectivity index (χ1n) is 17.9. The van der Waals surface area contributed by atoms with Gasteiger partial charge < -0.3 is 5.11 Å². The number of hydrogen-bond donors (Lipinski definition) is 4. The summed E-state index contributed by atoms with van der Waals surface area (Å²) in [7, 11) is -14.3. The van der Waals surface area contributed by atoms with E-state index in [9.17, 15) is 44.0 Å². The van der Waals surface area contributed by atoms with Crippen molar-refractivity contribution in [2.75, 3.05) is 0 Å². The van der Waals surface area contributed by atoms with Crippen molar-refractivity contribution in [2.24, 2.45) is 30.7 Å². The quantitative estimate of drug-likeness (QED) is 0.0787. The molecule has 0 saturated heterocycles. The first-order valence-corrected chi connectivity index (χ1v) is 22.2. The molecular formula is C42H30N6O10S3. The van der Waals surface area contributed by atoms with E-state index >= 15 is 0 Å². The Morgan fingerprint density at radius 2 is 0.967 bits per heavy atom. The molecule has 0 saturated carbocycles. The molecule has 16 nitrogen and oxygen atoms in total. The molecule has 0 heterocycles. The fourth-order valence-corrected chi connectivity index (χ4v) is 8.89. The van der Waals surface area contributed by atoms with Gasteiger partial charge in [-0.25, -0.2) is 0 Å². The Labute approximate surface area is 347 Å². The number of fused-ring (bicyclic) bond motifs is 4. The van der Waals surface area contributed by atoms with E-state index in [4.69, 9.17) is 0 Å². The van der Waals surface area contributed by atoms with E-state index in [0.717, 1.165) is 23.1 Å². The summed E-state index contributed by atoms with van der Waals surface area (Å²) >= 11 is 0. The van der Waals surface area contributed by atoms with E-state index in [0.29, 0.717) is 44.2 Å². The minimum atomic E-state index is -4.88. The highest BCUT2D eigenvalue weighted by molar-refractivity contribution is 7.86. The molecule has 8 aromatic carbocycles. The summed E-state index contributed by atoms with van der Waals surface area (Å²) in [5, 5.41) is 40.1. The Balaban J connectivity index is 1.18. The molecule has 0 unspecified atom stereocenters. The minimum Gasteiger partial charge on any atom is -0.505 e. The van der Waals surface area contributed by atoms with Crippen LogP contribution in [0.25, 0.3) is 43.1 Å². The van der Waals surface area contributed by atoms with Crippen molar-refractivity contribution < 1.29 is 44.0 Å². The van der Waals surface area contributed by atoms with E-state index in [1.165, 1.54) is 36.4 Å². The molecule has 19 heteroatoms. The highest BCUT2D eigenvalue weighted by Crippen LogP contribution is 2.42. The van der Waals surface area contributed by atoms with Crippen molar-refractivity contribution in [1.29, 1.82) is 0 Å². The largest absolute Gasteiger partial charge is 0.505 e. The van der Waals surface area contributed by atoms with Crippen LogP contribution in [0, 0.1) is 13.8 Å². The van der Waals surface area contributed by atoms with Gasteiger partial charge in [0.05, 0.1) is 33.3 Å². The zero-order chi connectivity index (χ0) is 43.4. The zero-order valence-electron chi connectivity index (χ0n) is 31.7. The predicted octanol–water partition coefficient (Wildman–Crippen LogP) is 11.6. The summed E-state index contributed by atoms with van der Waals surface area (Å²) in [6, 6.07) is 30.5. The SMILES string of the molecule is Cc1ccc2c(O)c(N=Nc3ccc(N=Nc4ccc(N=Nc5cc(S(=O)(=O)O)c6cccc(S(=O)(=O)O)c6c5)c5ccccc45)c4ccc(S(=O)(=O)O)cc34)c(C)cc2c1. The van der Waals surface area contributed by atoms with Gasteiger partial charge in [-0.05, 0) is 85.5 Å². The van der Waals surface area contributed by atoms with Crippen molar-refractivity contribution in [3.05, 3.63) is 132 Å². The van der Waals surface area contributed by atoms with E-state index in [-0.39, 0.29) is 39.0 Å². The molecule has 0 bridgehead atoms. The molecule has 4 N–H and O–H groups in total. The molecule has 8 rings (SSSR count). The number of aryl methyl sites for hydroxylation is 2. The van der Waals surface area contributed by atoms with Crippen LogP contribution in [-0.2, 0) is 30.4 Å². The summed E-state index contributed by atoms with van der Waals surface area (Å²) in [4.78, 5) is -1.63. The van der Waals surface area contributed by atoms with E-state index in [1.807, 2.05) is 25.1 Å². The van der Waals surface area contributed by atoms with Crippen LogP contribution in [0.2, 0.25) is 0 Å². The molecule has 0 aliphatic heterocycles. The van der Waals surface area contributed by atoms with Crippen LogP contribution in [0.1, 0.15) is 11.1 Å². The van der Waals surface area contributed by atoms with Crippen molar-refractivity contribution in [3.8, 4) is 5.75 Å². The Morgan fingerprint density at radius 3 is 1.57 bits per heavy atom. The lowest BCUT2D eigenvalue weighted by atomic mass is 10.0. The van der Waals surface area contributed by atoms with Gasteiger partial charge in [0.15, 0.2) is 5.75 Å². The number of aromatic hydroxyl groups is 1. The van der Waals surface area contributed by atoms with Crippen LogP contribution < -0.4 is 0 Å². The lowest BCUT2D eigenvalue weighted by Crippen LogP contribution is -2.03. The summed E-state index contributed by atoms with van der Waals surface area (Å²) in [5.41, 5.74) is 2.96. The number of azo groups is 3. The minimum absolute atomic E-state index is 0.0685. The van der Waals surface area contributed by atoms with Gasteiger partial charge in [0.1, 0.15) is 15.5 Å². The summed E-state index contributed by atoms with van der Waals surface area (Å²) in [5.74, 6) is -0.0685. The maximum absolute atomic E-state index is 12.3. The monoisotopic (exact) mass is 874 g/mol. The van der Waals surface area contributed by atoms with Gasteiger partial charge >= 0.3 is 0 Å². The first kappa shape index (κ1) is 40.9. The summed E-state index contributed by atoms with van der Waals surface area (Å²) in [6.45, 7) is 3.73. The Hall–Kier alpha value is -6.87. The standard InChI is InChI=1S/C42H30N6O10S3/c1-23-10-12-28-25(18-23)19-24(2)41(42(28)49)48-47-38-17-16-37(31-13-11-27(22-33(31)38)59(50,51)52)46-45-36-15-14-35(29-6-3-4-7-30(29)36)44-43-26-20-34-32(40(21-26)61(56,57)58)8-5-9-39(34)60(53,54)55/h3-22,49H,1-2H3,(H,50,51,52)(H,53,54,55)(H,56,57,58). The molecule has 0 radical (unpaired) electrons. The predicted molar refractivity (Wildman–Crippen MR) is 229 cm³/mol. The van der Waals surface area contributed by atoms with Crippen molar-refractivity contribution >= 4 is 108 Å². The molecule has 0 spiro atoms. The van der Waals surface area contributed by atoms with Gasteiger partial charge in [-0.3, -0.25) is 13.7 Å². The van der Waals surface area contributed by atoms with Crippen LogP contribution >= 0.6 is 0 Å². The summed E-state index contributed by atoms with van der Waals surface area (Å²) < 4.78 is 103. The fraction of sp³-hybridized carbons (Fsp3) is 0.0476. The third kappa shape index (κ3) is 8.08. The first-order chi connectivity index (χ1) is 28.9. The summed E-state index contributed by atoms with van der Waals surface area (Å²) in [6.07, 6.45) is 0. The number of phenols is 1. The molecule has 0 aliphatic rings. The van der Waals surface area contributed by atoms with Crippen molar-refractivity contribution in [1.82, 2.24) is 0 Å². The molecule has 0 fully saturated rings. The maximum Gasteiger partial charge on any atom is 0.295 e. The number of nitrogens with zero attached hydrogens (tertiary/aromatic N) is 6. The second-order valence-electron chi connectivity index (χ2n) is 13.9. The third-order valence-corrected chi connectivity index (χ3v) is 12.5. The van der Waals surface area contributed by atoms with Gasteiger partial charge in [-0.2, -0.15) is 30.4 Å². The molecule has 61 heavy (non-hydrogen) atoms. The van der Waals surface area contributed by atoms with Crippen LogP contribution in [0.4, 0.5) is 34.1 Å². The Kier molecular flexibility index (Phi) is 10.3. The van der Waals surface area contributed by atoms with E-state index in [1.54, 1.807) is 61.5 Å². The fourth-order valence-electron chi connectivity index (χ4n) is 6.96. The van der Waals surface area contributed by atoms with Crippen molar-refractivity contribution in [3.63, 3.8) is 0 Å². The third-order valence-electron chi connectivity index (χ3n) is 9.80. The Bertz CT molecular complexity index is 3610. The van der Waals surface area contributed by atoms with E-state index in [2.05, 4.69) is 30.7 Å². The lowest BCUT2D eigenvalue weighted by Gasteiger charge is -2.09. The average molecular weight is 875 g/mol. The van der Waals surface area contributed by atoms with Crippen LogP contribution in [0.15, 0.2) is 167 Å². The number of rotatable bonds is 9. The smallest absolute Gasteiger partial charge is 0.295 e. The number of phenolic OH excluding ortho intramolecular Hbond substituents is 1. The number of benzene rings is 8. The average Bonchev–Trinajstić information content (AvgIpc) is 3.20. The second-order valence-corrected chi connectivity index (χ2v) is 18.1. The van der Waals surface area contributed by atoms with Gasteiger partial charge in [-0.15, -0.1) is 25.6 Å². The van der Waals surface area contributed by atoms with Crippen LogP contribution in [0.3, 0.4) is 0 Å². The molecule has 8 aromatic rings. The van der Waals surface area contributed by atoms with Gasteiger partial charge in [0.25, 0.3) is 30.4 Å². The molecular weight excluding hydrogens is 845 g/mol. The molecule has 0 aliphatic carbocycles. The van der Waals surface area contributed by atoms with Gasteiger partial charge in [0.2, 0.25) is 0 Å². The highest BCUT2D eigenvalue weighted by Gasteiger charge is 2.22. The van der Waals surface area contributed by atoms with Crippen molar-refractivity contribution in [2.45, 2.75) is 28.5 Å². The number of hydrogen-bond acceptors (Lipinski definition) is 13. The normalized spacial score (nSPS) is 12.9. The Morgan fingerprint density at radius 1 is 0.426 bits per heavy atom. The lowest BCUT2D eigenvalue weighted by molar-refractivity contribution is 0.481. The zero-order valence-corrected chi connectivity index (χ0v) is 34.1. The van der Waals surface area contributed by atoms with Crippen LogP contribution in [0.5, 0.6) is 5.75 Å². The maximum atomic E-state index is 12.3. The van der Waals surface area contributed by atoms with Gasteiger partial charge in [-0.1, -0.05) is 66.2 Å². The van der Waals surface area contributed by atoms with Crippen LogP contribution in [-0.4, -0.2) is 44.0 Å². The van der Waals surface area contributed by atoms with Gasteiger partial charge in [0, 0.05) is 37.7 Å². The van der Waals surface area contributed by atoms with E-state index < -0.39 is 45.0 Å².